The number of rotatable bonds is 3. The Balaban J connectivity index is 0.00000176. The molecule has 0 aromatic heterocycles. The maximum absolute atomic E-state index is 12.1. The molecule has 0 saturated carbocycles. The zero-order valence-corrected chi connectivity index (χ0v) is 13.5. The van der Waals surface area contributed by atoms with Gasteiger partial charge in [0.15, 0.2) is 0 Å². The minimum atomic E-state index is -0.205. The molecule has 7 heteroatoms. The average molecular weight is 325 g/mol. The molecule has 3 rings (SSSR count). The largest absolute Gasteiger partial charge is 0.361 e. The van der Waals surface area contributed by atoms with Gasteiger partial charge in [0.2, 0.25) is 5.91 Å². The van der Waals surface area contributed by atoms with Crippen LogP contribution in [0.2, 0.25) is 0 Å². The molecule has 2 aliphatic rings. The van der Waals surface area contributed by atoms with Crippen LogP contribution in [0.3, 0.4) is 0 Å². The summed E-state index contributed by atoms with van der Waals surface area (Å²) in [6.45, 7) is 4.46. The van der Waals surface area contributed by atoms with Gasteiger partial charge in [-0.15, -0.1) is 12.4 Å². The Morgan fingerprint density at radius 3 is 2.77 bits per heavy atom. The monoisotopic (exact) mass is 324 g/mol. The maximum atomic E-state index is 12.1. The maximum Gasteiger partial charge on any atom is 0.251 e. The number of nitrogens with zero attached hydrogens (tertiary/aromatic N) is 1. The number of nitrogens with one attached hydrogen (secondary N) is 3. The SMILES string of the molecule is CC1C(=O)Nc2cc(C(=O)NCC3CNC3)ccc2N1C.Cl. The van der Waals surface area contributed by atoms with E-state index >= 15 is 0 Å². The zero-order valence-electron chi connectivity index (χ0n) is 12.7. The van der Waals surface area contributed by atoms with E-state index in [1.165, 1.54) is 0 Å². The van der Waals surface area contributed by atoms with Gasteiger partial charge in [-0.2, -0.15) is 0 Å². The Morgan fingerprint density at radius 1 is 1.41 bits per heavy atom. The van der Waals surface area contributed by atoms with Gasteiger partial charge in [0.05, 0.1) is 11.4 Å². The van der Waals surface area contributed by atoms with E-state index < -0.39 is 0 Å². The molecule has 0 radical (unpaired) electrons. The first-order valence-electron chi connectivity index (χ1n) is 7.23. The van der Waals surface area contributed by atoms with Crippen LogP contribution in [0.15, 0.2) is 18.2 Å². The highest BCUT2D eigenvalue weighted by molar-refractivity contribution is 6.05. The van der Waals surface area contributed by atoms with Crippen LogP contribution in [0.25, 0.3) is 0 Å². The lowest BCUT2D eigenvalue weighted by Gasteiger charge is -2.33. The van der Waals surface area contributed by atoms with Gasteiger partial charge in [0, 0.05) is 38.2 Å². The van der Waals surface area contributed by atoms with Gasteiger partial charge >= 0.3 is 0 Å². The fourth-order valence-corrected chi connectivity index (χ4v) is 2.54. The van der Waals surface area contributed by atoms with Crippen molar-refractivity contribution < 1.29 is 9.59 Å². The van der Waals surface area contributed by atoms with Crippen LogP contribution in [-0.2, 0) is 4.79 Å². The van der Waals surface area contributed by atoms with E-state index in [1.54, 1.807) is 12.1 Å². The standard InChI is InChI=1S/C15H20N4O2.ClH/c1-9-14(20)18-12-5-11(3-4-13(12)19(9)2)15(21)17-8-10-6-16-7-10;/h3-5,9-10,16H,6-8H2,1-2H3,(H,17,21)(H,18,20);1H. The lowest BCUT2D eigenvalue weighted by atomic mass is 10.0. The van der Waals surface area contributed by atoms with Gasteiger partial charge in [0.25, 0.3) is 5.91 Å². The van der Waals surface area contributed by atoms with Crippen molar-refractivity contribution in [2.45, 2.75) is 13.0 Å². The molecule has 1 aromatic carbocycles. The van der Waals surface area contributed by atoms with E-state index in [-0.39, 0.29) is 30.3 Å². The third-order valence-corrected chi connectivity index (χ3v) is 4.27. The molecule has 1 fully saturated rings. The summed E-state index contributed by atoms with van der Waals surface area (Å²) in [4.78, 5) is 25.9. The van der Waals surface area contributed by atoms with Crippen molar-refractivity contribution >= 4 is 35.6 Å². The number of anilines is 2. The fourth-order valence-electron chi connectivity index (χ4n) is 2.54. The van der Waals surface area contributed by atoms with Crippen molar-refractivity contribution in [3.8, 4) is 0 Å². The van der Waals surface area contributed by atoms with Gasteiger partial charge in [-0.1, -0.05) is 0 Å². The highest BCUT2D eigenvalue weighted by Crippen LogP contribution is 2.31. The highest BCUT2D eigenvalue weighted by atomic mass is 35.5. The highest BCUT2D eigenvalue weighted by Gasteiger charge is 2.27. The summed E-state index contributed by atoms with van der Waals surface area (Å²) in [7, 11) is 1.88. The van der Waals surface area contributed by atoms with Crippen LogP contribution < -0.4 is 20.9 Å². The van der Waals surface area contributed by atoms with Crippen molar-refractivity contribution in [3.63, 3.8) is 0 Å². The van der Waals surface area contributed by atoms with Crippen LogP contribution in [0, 0.1) is 5.92 Å². The molecule has 120 valence electrons. The normalized spacial score (nSPS) is 20.4. The third kappa shape index (κ3) is 3.03. The molecule has 3 N–H and O–H groups in total. The zero-order chi connectivity index (χ0) is 15.0. The number of benzene rings is 1. The molecule has 0 aliphatic carbocycles. The fraction of sp³-hybridized carbons (Fsp3) is 0.467. The predicted molar refractivity (Wildman–Crippen MR) is 88.9 cm³/mol. The van der Waals surface area contributed by atoms with Crippen molar-refractivity contribution in [1.82, 2.24) is 10.6 Å². The minimum Gasteiger partial charge on any atom is -0.361 e. The average Bonchev–Trinajstić information content (AvgIpc) is 2.42. The second-order valence-electron chi connectivity index (χ2n) is 5.74. The molecule has 2 aliphatic heterocycles. The van der Waals surface area contributed by atoms with Gasteiger partial charge in [0.1, 0.15) is 6.04 Å². The molecule has 1 atom stereocenters. The van der Waals surface area contributed by atoms with Crippen LogP contribution in [0.5, 0.6) is 0 Å². The van der Waals surface area contributed by atoms with Crippen molar-refractivity contribution in [1.29, 1.82) is 0 Å². The molecule has 0 bridgehead atoms. The van der Waals surface area contributed by atoms with E-state index in [4.69, 9.17) is 0 Å². The molecule has 1 saturated heterocycles. The van der Waals surface area contributed by atoms with E-state index in [0.29, 0.717) is 23.7 Å². The van der Waals surface area contributed by atoms with Crippen molar-refractivity contribution in [2.24, 2.45) is 5.92 Å². The lowest BCUT2D eigenvalue weighted by Crippen LogP contribution is -2.48. The van der Waals surface area contributed by atoms with Crippen LogP contribution in [0.1, 0.15) is 17.3 Å². The number of halogens is 1. The van der Waals surface area contributed by atoms with Crippen molar-refractivity contribution in [3.05, 3.63) is 23.8 Å². The second kappa shape index (κ2) is 6.54. The van der Waals surface area contributed by atoms with Crippen LogP contribution in [0.4, 0.5) is 11.4 Å². The summed E-state index contributed by atoms with van der Waals surface area (Å²) >= 11 is 0. The number of carbonyl (C=O) groups excluding carboxylic acids is 2. The molecule has 22 heavy (non-hydrogen) atoms. The van der Waals surface area contributed by atoms with E-state index in [2.05, 4.69) is 16.0 Å². The van der Waals surface area contributed by atoms with Crippen LogP contribution >= 0.6 is 12.4 Å². The third-order valence-electron chi connectivity index (χ3n) is 4.27. The van der Waals surface area contributed by atoms with E-state index in [1.807, 2.05) is 24.9 Å². The molecule has 1 unspecified atom stereocenters. The topological polar surface area (TPSA) is 73.5 Å². The Bertz CT molecular complexity index is 589. The molecule has 2 amide bonds. The van der Waals surface area contributed by atoms with Gasteiger partial charge < -0.3 is 20.9 Å². The number of fused-ring (bicyclic) bond motifs is 1. The summed E-state index contributed by atoms with van der Waals surface area (Å²) in [5.74, 6) is 0.376. The first-order valence-corrected chi connectivity index (χ1v) is 7.23. The molecule has 6 nitrogen and oxygen atoms in total. The Kier molecular flexibility index (Phi) is 4.93. The summed E-state index contributed by atoms with van der Waals surface area (Å²) in [5, 5.41) is 8.96. The number of hydrogen-bond donors (Lipinski definition) is 3. The summed E-state index contributed by atoms with van der Waals surface area (Å²) < 4.78 is 0. The number of hydrogen-bond acceptors (Lipinski definition) is 4. The van der Waals surface area contributed by atoms with E-state index in [0.717, 1.165) is 18.8 Å². The summed E-state index contributed by atoms with van der Waals surface area (Å²) in [5.41, 5.74) is 2.20. The summed E-state index contributed by atoms with van der Waals surface area (Å²) in [6.07, 6.45) is 0. The molecule has 2 heterocycles. The number of likely N-dealkylation sites (N-methyl/N-ethyl adjacent to an activating group) is 1. The number of carbonyl (C=O) groups is 2. The molecular formula is C15H21ClN4O2. The van der Waals surface area contributed by atoms with Crippen LogP contribution in [-0.4, -0.2) is 44.5 Å². The molecule has 0 spiro atoms. The molecule has 1 aromatic rings. The van der Waals surface area contributed by atoms with Gasteiger partial charge in [-0.05, 0) is 25.1 Å². The number of amides is 2. The Hall–Kier alpha value is -1.79. The first-order chi connectivity index (χ1) is 10.1. The predicted octanol–water partition coefficient (Wildman–Crippen LogP) is 0.834. The van der Waals surface area contributed by atoms with Crippen molar-refractivity contribution in [2.75, 3.05) is 36.9 Å². The van der Waals surface area contributed by atoms with Gasteiger partial charge in [-0.3, -0.25) is 9.59 Å². The second-order valence-corrected chi connectivity index (χ2v) is 5.74. The Morgan fingerprint density at radius 2 is 2.14 bits per heavy atom. The molecular weight excluding hydrogens is 304 g/mol. The minimum absolute atomic E-state index is 0. The smallest absolute Gasteiger partial charge is 0.251 e. The Labute approximate surface area is 136 Å². The lowest BCUT2D eigenvalue weighted by molar-refractivity contribution is -0.117. The summed E-state index contributed by atoms with van der Waals surface area (Å²) in [6, 6.07) is 5.21. The van der Waals surface area contributed by atoms with E-state index in [9.17, 15) is 9.59 Å². The van der Waals surface area contributed by atoms with Gasteiger partial charge in [-0.25, -0.2) is 0 Å². The quantitative estimate of drug-likeness (QED) is 0.770. The first kappa shape index (κ1) is 16.6.